The molecule has 0 aliphatic carbocycles. The number of hydrogen-bond donors (Lipinski definition) is 2. The maximum atomic E-state index is 12.8. The van der Waals surface area contributed by atoms with Gasteiger partial charge in [-0.1, -0.05) is 0 Å². The molecule has 11 nitrogen and oxygen atoms in total. The van der Waals surface area contributed by atoms with Crippen LogP contribution in [0, 0.1) is 6.92 Å². The summed E-state index contributed by atoms with van der Waals surface area (Å²) in [5.74, 6) is 0.392. The number of aryl methyl sites for hydroxylation is 1. The van der Waals surface area contributed by atoms with Gasteiger partial charge in [0.25, 0.3) is 11.8 Å². The second-order valence-electron chi connectivity index (χ2n) is 7.79. The van der Waals surface area contributed by atoms with Gasteiger partial charge >= 0.3 is 0 Å². The largest absolute Gasteiger partial charge is 0.488 e. The molecule has 2 aromatic heterocycles. The van der Waals surface area contributed by atoms with Crippen LogP contribution in [0.2, 0.25) is 0 Å². The summed E-state index contributed by atoms with van der Waals surface area (Å²) in [4.78, 5) is 43.3. The highest BCUT2D eigenvalue weighted by Crippen LogP contribution is 2.28. The molecule has 11 heteroatoms. The lowest BCUT2D eigenvalue weighted by Gasteiger charge is -2.30. The Morgan fingerprint density at radius 2 is 1.85 bits per heavy atom. The molecule has 0 saturated carbocycles. The molecule has 1 aliphatic heterocycles. The Balaban J connectivity index is 1.54. The topological polar surface area (TPSA) is 140 Å². The van der Waals surface area contributed by atoms with E-state index < -0.39 is 12.0 Å². The molecule has 1 aromatic carbocycles. The second-order valence-corrected chi connectivity index (χ2v) is 7.79. The maximum Gasteiger partial charge on any atom is 0.274 e. The molecule has 1 saturated heterocycles. The van der Waals surface area contributed by atoms with Crippen molar-refractivity contribution in [1.29, 1.82) is 0 Å². The minimum Gasteiger partial charge on any atom is -0.488 e. The van der Waals surface area contributed by atoms with Gasteiger partial charge in [0.15, 0.2) is 5.82 Å². The van der Waals surface area contributed by atoms with Crippen LogP contribution in [0.15, 0.2) is 43.0 Å². The van der Waals surface area contributed by atoms with Crippen LogP contribution < -0.4 is 14.8 Å². The van der Waals surface area contributed by atoms with Crippen molar-refractivity contribution in [3.8, 4) is 17.4 Å². The van der Waals surface area contributed by atoms with Crippen LogP contribution in [0.5, 0.6) is 17.4 Å². The van der Waals surface area contributed by atoms with Crippen molar-refractivity contribution in [3.63, 3.8) is 0 Å². The van der Waals surface area contributed by atoms with Crippen molar-refractivity contribution in [2.75, 3.05) is 25.0 Å². The Kier molecular flexibility index (Phi) is 6.93. The molecule has 3 heterocycles. The van der Waals surface area contributed by atoms with Crippen LogP contribution in [-0.2, 0) is 0 Å². The molecule has 34 heavy (non-hydrogen) atoms. The van der Waals surface area contributed by atoms with Crippen molar-refractivity contribution in [2.45, 2.75) is 26.4 Å². The van der Waals surface area contributed by atoms with E-state index >= 15 is 0 Å². The number of nitrogens with zero attached hydrogens (tertiary/aromatic N) is 5. The van der Waals surface area contributed by atoms with Gasteiger partial charge in [-0.3, -0.25) is 14.6 Å². The average Bonchev–Trinajstić information content (AvgIpc) is 2.79. The Morgan fingerprint density at radius 1 is 1.06 bits per heavy atom. The molecule has 2 amide bonds. The number of nitrogens with one attached hydrogen (secondary N) is 1. The zero-order valence-electron chi connectivity index (χ0n) is 18.8. The Hall–Kier alpha value is -4.12. The summed E-state index contributed by atoms with van der Waals surface area (Å²) in [5.41, 5.74) is 1.19. The molecule has 0 bridgehead atoms. The molecule has 1 fully saturated rings. The molecule has 1 aliphatic rings. The van der Waals surface area contributed by atoms with E-state index in [2.05, 4.69) is 25.3 Å². The van der Waals surface area contributed by atoms with E-state index in [9.17, 15) is 14.7 Å². The number of aliphatic hydroxyl groups is 1. The zero-order valence-corrected chi connectivity index (χ0v) is 18.8. The number of aromatic nitrogens is 4. The minimum absolute atomic E-state index is 0.142. The molecular weight excluding hydrogens is 440 g/mol. The monoisotopic (exact) mass is 464 g/mol. The molecule has 0 radical (unpaired) electrons. The number of benzene rings is 1. The Bertz CT molecular complexity index is 1170. The van der Waals surface area contributed by atoms with Gasteiger partial charge in [0.05, 0.1) is 37.1 Å². The van der Waals surface area contributed by atoms with Gasteiger partial charge in [0, 0.05) is 24.7 Å². The van der Waals surface area contributed by atoms with Crippen molar-refractivity contribution in [3.05, 3.63) is 59.9 Å². The van der Waals surface area contributed by atoms with Gasteiger partial charge < -0.3 is 24.8 Å². The normalized spacial score (nSPS) is 13.6. The first-order valence-electron chi connectivity index (χ1n) is 10.7. The molecule has 1 atom stereocenters. The first-order valence-corrected chi connectivity index (χ1v) is 10.7. The van der Waals surface area contributed by atoms with Crippen LogP contribution in [0.4, 0.5) is 5.82 Å². The van der Waals surface area contributed by atoms with Gasteiger partial charge in [-0.25, -0.2) is 15.0 Å². The Labute approximate surface area is 195 Å². The third kappa shape index (κ3) is 5.62. The lowest BCUT2D eigenvalue weighted by atomic mass is 10.2. The van der Waals surface area contributed by atoms with E-state index in [4.69, 9.17) is 9.47 Å². The van der Waals surface area contributed by atoms with Gasteiger partial charge in [0.2, 0.25) is 5.88 Å². The number of hydrogen-bond acceptors (Lipinski definition) is 9. The van der Waals surface area contributed by atoms with E-state index in [1.54, 1.807) is 31.0 Å². The molecule has 3 aromatic rings. The lowest BCUT2D eigenvalue weighted by Crippen LogP contribution is -2.42. The summed E-state index contributed by atoms with van der Waals surface area (Å²) in [5, 5.41) is 12.0. The van der Waals surface area contributed by atoms with Crippen molar-refractivity contribution < 1.29 is 24.2 Å². The van der Waals surface area contributed by atoms with Crippen LogP contribution in [-0.4, -0.2) is 67.6 Å². The number of rotatable bonds is 8. The summed E-state index contributed by atoms with van der Waals surface area (Å²) in [6.45, 7) is 4.72. The van der Waals surface area contributed by atoms with E-state index in [1.807, 2.05) is 0 Å². The summed E-state index contributed by atoms with van der Waals surface area (Å²) >= 11 is 0. The standard InChI is InChI=1S/C23H24N6O5/c1-14-9-26-20(11-24-14)28-22(31)16-6-17(33-15(2)13-30)8-18(7-16)34-21-12-25-19(10-27-21)23(32)29-4-3-5-29/h6-12,15,30H,3-5,13H2,1-2H3,(H,26,28,31). The summed E-state index contributed by atoms with van der Waals surface area (Å²) in [6.07, 6.45) is 6.19. The lowest BCUT2D eigenvalue weighted by molar-refractivity contribution is 0.0645. The van der Waals surface area contributed by atoms with E-state index in [0.29, 0.717) is 11.6 Å². The second kappa shape index (κ2) is 10.2. The highest BCUT2D eigenvalue weighted by molar-refractivity contribution is 6.04. The third-order valence-electron chi connectivity index (χ3n) is 4.97. The summed E-state index contributed by atoms with van der Waals surface area (Å²) in [6, 6.07) is 4.60. The number of likely N-dealkylation sites (tertiary alicyclic amines) is 1. The highest BCUT2D eigenvalue weighted by atomic mass is 16.5. The number of amides is 2. The number of carbonyl (C=O) groups is 2. The smallest absolute Gasteiger partial charge is 0.274 e. The van der Waals surface area contributed by atoms with Crippen LogP contribution in [0.1, 0.15) is 39.9 Å². The fourth-order valence-electron chi connectivity index (χ4n) is 3.03. The van der Waals surface area contributed by atoms with Crippen LogP contribution in [0.3, 0.4) is 0 Å². The predicted molar refractivity (Wildman–Crippen MR) is 121 cm³/mol. The van der Waals surface area contributed by atoms with Crippen molar-refractivity contribution >= 4 is 17.6 Å². The quantitative estimate of drug-likeness (QED) is 0.513. The molecule has 1 unspecified atom stereocenters. The number of carbonyl (C=O) groups excluding carboxylic acids is 2. The molecule has 176 valence electrons. The fraction of sp³-hybridized carbons (Fsp3) is 0.304. The maximum absolute atomic E-state index is 12.8. The first kappa shape index (κ1) is 23.1. The number of anilines is 1. The minimum atomic E-state index is -0.499. The third-order valence-corrected chi connectivity index (χ3v) is 4.97. The van der Waals surface area contributed by atoms with Crippen LogP contribution in [0.25, 0.3) is 0 Å². The zero-order chi connectivity index (χ0) is 24.1. The van der Waals surface area contributed by atoms with E-state index in [-0.39, 0.29) is 35.4 Å². The highest BCUT2D eigenvalue weighted by Gasteiger charge is 2.23. The Morgan fingerprint density at radius 3 is 2.47 bits per heavy atom. The van der Waals surface area contributed by atoms with Gasteiger partial charge in [-0.05, 0) is 32.4 Å². The fourth-order valence-corrected chi connectivity index (χ4v) is 3.03. The molecule has 0 spiro atoms. The molecular formula is C23H24N6O5. The van der Waals surface area contributed by atoms with Crippen molar-refractivity contribution in [1.82, 2.24) is 24.8 Å². The summed E-state index contributed by atoms with van der Waals surface area (Å²) < 4.78 is 11.4. The SMILES string of the molecule is Cc1cnc(NC(=O)c2cc(Oc3cnc(C(=O)N4CCC4)cn3)cc(OC(C)CO)c2)cn1. The average molecular weight is 464 g/mol. The molecule has 4 rings (SSSR count). The summed E-state index contributed by atoms with van der Waals surface area (Å²) in [7, 11) is 0. The molecule has 2 N–H and O–H groups in total. The van der Waals surface area contributed by atoms with Gasteiger partial charge in [0.1, 0.15) is 23.3 Å². The van der Waals surface area contributed by atoms with Crippen LogP contribution >= 0.6 is 0 Å². The van der Waals surface area contributed by atoms with Gasteiger partial charge in [-0.2, -0.15) is 0 Å². The van der Waals surface area contributed by atoms with Gasteiger partial charge in [-0.15, -0.1) is 0 Å². The number of aliphatic hydroxyl groups excluding tert-OH is 1. The van der Waals surface area contributed by atoms with E-state index in [1.165, 1.54) is 30.7 Å². The van der Waals surface area contributed by atoms with E-state index in [0.717, 1.165) is 25.2 Å². The predicted octanol–water partition coefficient (Wildman–Crippen LogP) is 2.23. The van der Waals surface area contributed by atoms with Crippen molar-refractivity contribution in [2.24, 2.45) is 0 Å². The number of ether oxygens (including phenoxy) is 2. The first-order chi connectivity index (χ1) is 16.4.